The number of carboxylic acids is 1. The Morgan fingerprint density at radius 1 is 0.905 bits per heavy atom. The van der Waals surface area contributed by atoms with Gasteiger partial charge in [0.05, 0.1) is 17.4 Å². The summed E-state index contributed by atoms with van der Waals surface area (Å²) in [7, 11) is 0. The molecule has 0 radical (unpaired) electrons. The number of hydrogen-bond donors (Lipinski definition) is 3. The van der Waals surface area contributed by atoms with Gasteiger partial charge in [0.25, 0.3) is 0 Å². The van der Waals surface area contributed by atoms with Crippen LogP contribution >= 0.6 is 0 Å². The average molecular weight is 566 g/mol. The SMILES string of the molecule is O=C(O)[C@@H](N=C(c1ccccc1)c1ccccc1NC(=O)[C@@H]1CCCN1Cc1ccccc1)[C@@H](O)c1ccccc1F. The summed E-state index contributed by atoms with van der Waals surface area (Å²) in [6.07, 6.45) is -0.123. The van der Waals surface area contributed by atoms with E-state index >= 15 is 0 Å². The van der Waals surface area contributed by atoms with Crippen molar-refractivity contribution in [3.63, 3.8) is 0 Å². The Morgan fingerprint density at radius 2 is 1.55 bits per heavy atom. The fourth-order valence-corrected chi connectivity index (χ4v) is 5.33. The predicted octanol–water partition coefficient (Wildman–Crippen LogP) is 5.45. The van der Waals surface area contributed by atoms with E-state index in [1.54, 1.807) is 48.5 Å². The lowest BCUT2D eigenvalue weighted by Gasteiger charge is -2.24. The second kappa shape index (κ2) is 13.3. The highest BCUT2D eigenvalue weighted by Gasteiger charge is 2.33. The van der Waals surface area contributed by atoms with Gasteiger partial charge in [0.1, 0.15) is 11.9 Å². The number of nitrogens with one attached hydrogen (secondary N) is 1. The van der Waals surface area contributed by atoms with Gasteiger partial charge in [0.15, 0.2) is 6.04 Å². The molecule has 0 bridgehead atoms. The number of carboxylic acid groups (broad SMARTS) is 1. The van der Waals surface area contributed by atoms with Crippen molar-refractivity contribution in [3.8, 4) is 0 Å². The van der Waals surface area contributed by atoms with Gasteiger partial charge in [-0.05, 0) is 37.1 Å². The number of aliphatic hydroxyl groups is 1. The zero-order chi connectivity index (χ0) is 29.5. The minimum absolute atomic E-state index is 0.163. The Balaban J connectivity index is 1.49. The number of likely N-dealkylation sites (tertiary alicyclic amines) is 1. The highest BCUT2D eigenvalue weighted by atomic mass is 19.1. The summed E-state index contributed by atoms with van der Waals surface area (Å²) in [6.45, 7) is 1.46. The van der Waals surface area contributed by atoms with Crippen molar-refractivity contribution in [1.82, 2.24) is 4.90 Å². The van der Waals surface area contributed by atoms with Gasteiger partial charge in [0, 0.05) is 23.2 Å². The van der Waals surface area contributed by atoms with Gasteiger partial charge in [-0.2, -0.15) is 0 Å². The molecule has 0 aliphatic carbocycles. The third-order valence-electron chi connectivity index (χ3n) is 7.43. The first-order chi connectivity index (χ1) is 20.4. The minimum atomic E-state index is -1.74. The Morgan fingerprint density at radius 3 is 2.26 bits per heavy atom. The Kier molecular flexibility index (Phi) is 9.16. The van der Waals surface area contributed by atoms with Crippen LogP contribution in [-0.4, -0.2) is 51.3 Å². The smallest absolute Gasteiger partial charge is 0.331 e. The van der Waals surface area contributed by atoms with Gasteiger partial charge < -0.3 is 15.5 Å². The molecule has 1 heterocycles. The zero-order valence-electron chi connectivity index (χ0n) is 22.9. The molecule has 1 aliphatic heterocycles. The van der Waals surface area contributed by atoms with E-state index in [0.29, 0.717) is 23.4 Å². The maximum atomic E-state index is 14.5. The summed E-state index contributed by atoms with van der Waals surface area (Å²) in [5.41, 5.74) is 2.74. The minimum Gasteiger partial charge on any atom is -0.480 e. The van der Waals surface area contributed by atoms with Crippen molar-refractivity contribution in [2.45, 2.75) is 37.6 Å². The Hall–Kier alpha value is -4.66. The van der Waals surface area contributed by atoms with Gasteiger partial charge in [-0.3, -0.25) is 14.7 Å². The van der Waals surface area contributed by atoms with Crippen molar-refractivity contribution < 1.29 is 24.2 Å². The van der Waals surface area contributed by atoms with Gasteiger partial charge in [-0.1, -0.05) is 97.1 Å². The summed E-state index contributed by atoms with van der Waals surface area (Å²) in [6, 6.07) is 29.4. The molecule has 5 rings (SSSR count). The lowest BCUT2D eigenvalue weighted by Crippen LogP contribution is -2.39. The van der Waals surface area contributed by atoms with Gasteiger partial charge in [-0.15, -0.1) is 0 Å². The molecule has 0 spiro atoms. The maximum absolute atomic E-state index is 14.5. The van der Waals surface area contributed by atoms with Crippen LogP contribution in [0.3, 0.4) is 0 Å². The van der Waals surface area contributed by atoms with E-state index in [1.165, 1.54) is 18.2 Å². The number of aliphatic carboxylic acids is 1. The summed E-state index contributed by atoms with van der Waals surface area (Å²) in [5, 5.41) is 24.1. The van der Waals surface area contributed by atoms with Crippen LogP contribution in [0.5, 0.6) is 0 Å². The molecule has 1 aliphatic rings. The first kappa shape index (κ1) is 28.9. The number of anilines is 1. The average Bonchev–Trinajstić information content (AvgIpc) is 3.47. The van der Waals surface area contributed by atoms with E-state index in [9.17, 15) is 24.2 Å². The highest BCUT2D eigenvalue weighted by Crippen LogP contribution is 2.28. The van der Waals surface area contributed by atoms with Crippen LogP contribution in [0.4, 0.5) is 10.1 Å². The van der Waals surface area contributed by atoms with E-state index in [4.69, 9.17) is 0 Å². The van der Waals surface area contributed by atoms with Crippen LogP contribution in [0.25, 0.3) is 0 Å². The van der Waals surface area contributed by atoms with E-state index in [0.717, 1.165) is 31.0 Å². The molecule has 0 aromatic heterocycles. The van der Waals surface area contributed by atoms with Gasteiger partial charge in [0.2, 0.25) is 5.91 Å². The molecule has 3 atom stereocenters. The first-order valence-electron chi connectivity index (χ1n) is 13.9. The fourth-order valence-electron chi connectivity index (χ4n) is 5.33. The topological polar surface area (TPSA) is 102 Å². The molecule has 4 aromatic carbocycles. The number of amides is 1. The number of nitrogens with zero attached hydrogens (tertiary/aromatic N) is 2. The number of aliphatic imine (C=N–C) groups is 1. The van der Waals surface area contributed by atoms with Crippen LogP contribution in [0, 0.1) is 5.82 Å². The van der Waals surface area contributed by atoms with Gasteiger partial charge >= 0.3 is 5.97 Å². The predicted molar refractivity (Wildman–Crippen MR) is 160 cm³/mol. The molecule has 1 fully saturated rings. The lowest BCUT2D eigenvalue weighted by molar-refractivity contribution is -0.141. The van der Waals surface area contributed by atoms with Crippen LogP contribution in [0.15, 0.2) is 114 Å². The number of halogens is 1. The van der Waals surface area contributed by atoms with Gasteiger partial charge in [-0.25, -0.2) is 9.18 Å². The fraction of sp³-hybridized carbons (Fsp3) is 0.206. The van der Waals surface area contributed by atoms with E-state index in [2.05, 4.69) is 15.2 Å². The maximum Gasteiger partial charge on any atom is 0.331 e. The van der Waals surface area contributed by atoms with Crippen LogP contribution in [-0.2, 0) is 16.1 Å². The Labute approximate surface area is 244 Å². The molecular weight excluding hydrogens is 533 g/mol. The molecule has 4 aromatic rings. The highest BCUT2D eigenvalue weighted by molar-refractivity contribution is 6.17. The number of aliphatic hydroxyl groups excluding tert-OH is 1. The normalized spacial score (nSPS) is 17.0. The molecule has 1 saturated heterocycles. The molecule has 7 nitrogen and oxygen atoms in total. The summed E-state index contributed by atoms with van der Waals surface area (Å²) >= 11 is 0. The molecule has 42 heavy (non-hydrogen) atoms. The largest absolute Gasteiger partial charge is 0.480 e. The summed E-state index contributed by atoms with van der Waals surface area (Å²) < 4.78 is 14.5. The number of carbonyl (C=O) groups excluding carboxylic acids is 1. The molecule has 1 amide bonds. The van der Waals surface area contributed by atoms with E-state index in [1.807, 2.05) is 36.4 Å². The quantitative estimate of drug-likeness (QED) is 0.222. The van der Waals surface area contributed by atoms with Crippen molar-refractivity contribution >= 4 is 23.3 Å². The number of para-hydroxylation sites is 1. The molecule has 0 saturated carbocycles. The number of carbonyl (C=O) groups is 2. The number of hydrogen-bond acceptors (Lipinski definition) is 5. The van der Waals surface area contributed by atoms with Crippen LogP contribution in [0.1, 0.15) is 41.2 Å². The van der Waals surface area contributed by atoms with Crippen molar-refractivity contribution in [2.75, 3.05) is 11.9 Å². The molecule has 214 valence electrons. The standard InChI is InChI=1S/C34H32FN3O4/c35-27-18-9-7-16-25(27)32(39)31(34(41)42)37-30(24-14-5-2-6-15-24)26-17-8-10-19-28(26)36-33(40)29-20-11-21-38(29)22-23-12-3-1-4-13-23/h1-10,12-19,29,31-32,39H,11,20-22H2,(H,36,40)(H,41,42)/t29-,31-,32-/m0/s1. The van der Waals surface area contributed by atoms with E-state index < -0.39 is 23.9 Å². The van der Waals surface area contributed by atoms with Crippen molar-refractivity contribution in [3.05, 3.63) is 137 Å². The second-order valence-electron chi connectivity index (χ2n) is 10.2. The molecular formula is C34H32FN3O4. The lowest BCUT2D eigenvalue weighted by atomic mass is 9.97. The van der Waals surface area contributed by atoms with E-state index in [-0.39, 0.29) is 23.2 Å². The third-order valence-corrected chi connectivity index (χ3v) is 7.43. The number of rotatable bonds is 10. The monoisotopic (exact) mass is 565 g/mol. The third kappa shape index (κ3) is 6.62. The van der Waals surface area contributed by atoms with Crippen LogP contribution < -0.4 is 5.32 Å². The van der Waals surface area contributed by atoms with Crippen molar-refractivity contribution in [2.24, 2.45) is 4.99 Å². The summed E-state index contributed by atoms with van der Waals surface area (Å²) in [5.74, 6) is -2.30. The Bertz CT molecular complexity index is 1560. The molecule has 8 heteroatoms. The summed E-state index contributed by atoms with van der Waals surface area (Å²) in [4.78, 5) is 32.7. The van der Waals surface area contributed by atoms with Crippen molar-refractivity contribution in [1.29, 1.82) is 0 Å². The zero-order valence-corrected chi connectivity index (χ0v) is 22.9. The molecule has 3 N–H and O–H groups in total. The first-order valence-corrected chi connectivity index (χ1v) is 13.9. The van der Waals surface area contributed by atoms with Crippen LogP contribution in [0.2, 0.25) is 0 Å². The number of benzene rings is 4. The molecule has 0 unspecified atom stereocenters. The second-order valence-corrected chi connectivity index (χ2v) is 10.2.